The van der Waals surface area contributed by atoms with Gasteiger partial charge in [0.25, 0.3) is 0 Å². The Balaban J connectivity index is 1.78. The van der Waals surface area contributed by atoms with E-state index in [-0.39, 0.29) is 0 Å². The molecule has 0 radical (unpaired) electrons. The monoisotopic (exact) mass is 222 g/mol. The van der Waals surface area contributed by atoms with Crippen molar-refractivity contribution in [1.29, 1.82) is 0 Å². The second-order valence-electron chi connectivity index (χ2n) is 5.10. The van der Waals surface area contributed by atoms with Crippen LogP contribution < -0.4 is 5.32 Å². The molecule has 16 heavy (non-hydrogen) atoms. The van der Waals surface area contributed by atoms with Gasteiger partial charge in [0.05, 0.1) is 13.2 Å². The zero-order chi connectivity index (χ0) is 11.4. The lowest BCUT2D eigenvalue weighted by Crippen LogP contribution is -2.47. The Morgan fingerprint density at radius 3 is 2.94 bits per heavy atom. The minimum Gasteiger partial charge on any atom is -0.380 e. The lowest BCUT2D eigenvalue weighted by Gasteiger charge is -2.38. The number of nitrogens with zero attached hydrogens (tertiary/aromatic N) is 1. The molecule has 0 aliphatic carbocycles. The molecule has 0 amide bonds. The summed E-state index contributed by atoms with van der Waals surface area (Å²) in [6, 6.07) is 4.32. The molecular weight excluding hydrogens is 200 g/mol. The number of hydrogen-bond acceptors (Lipinski definition) is 2. The molecule has 0 unspecified atom stereocenters. The quantitative estimate of drug-likeness (QED) is 0.797. The van der Waals surface area contributed by atoms with Crippen molar-refractivity contribution < 1.29 is 4.74 Å². The second kappa shape index (κ2) is 5.02. The Morgan fingerprint density at radius 2 is 2.31 bits per heavy atom. The SMILES string of the molecule is CCCn1cccc1CNCC1(C)COC1. The van der Waals surface area contributed by atoms with Gasteiger partial charge >= 0.3 is 0 Å². The van der Waals surface area contributed by atoms with E-state index in [2.05, 4.69) is 42.1 Å². The van der Waals surface area contributed by atoms with Crippen molar-refractivity contribution in [3.63, 3.8) is 0 Å². The van der Waals surface area contributed by atoms with Crippen molar-refractivity contribution in [2.45, 2.75) is 33.4 Å². The number of aromatic nitrogens is 1. The Bertz CT molecular complexity index is 328. The molecular formula is C13H22N2O. The highest BCUT2D eigenvalue weighted by molar-refractivity contribution is 5.07. The van der Waals surface area contributed by atoms with E-state index in [0.29, 0.717) is 5.41 Å². The van der Waals surface area contributed by atoms with E-state index in [1.54, 1.807) is 0 Å². The van der Waals surface area contributed by atoms with Crippen LogP contribution in [0, 0.1) is 5.41 Å². The molecule has 0 spiro atoms. The standard InChI is InChI=1S/C13H22N2O/c1-3-6-15-7-4-5-12(15)8-14-9-13(2)10-16-11-13/h4-5,7,14H,3,6,8-11H2,1-2H3. The average molecular weight is 222 g/mol. The molecule has 90 valence electrons. The molecule has 2 rings (SSSR count). The van der Waals surface area contributed by atoms with Gasteiger partial charge in [-0.15, -0.1) is 0 Å². The first-order chi connectivity index (χ1) is 7.73. The lowest BCUT2D eigenvalue weighted by atomic mass is 9.89. The van der Waals surface area contributed by atoms with E-state index >= 15 is 0 Å². The maximum Gasteiger partial charge on any atom is 0.0554 e. The highest BCUT2D eigenvalue weighted by Gasteiger charge is 2.32. The van der Waals surface area contributed by atoms with Crippen LogP contribution in [0.1, 0.15) is 26.0 Å². The maximum atomic E-state index is 5.24. The van der Waals surface area contributed by atoms with Gasteiger partial charge < -0.3 is 14.6 Å². The van der Waals surface area contributed by atoms with Crippen molar-refractivity contribution in [3.8, 4) is 0 Å². The summed E-state index contributed by atoms with van der Waals surface area (Å²) in [5.41, 5.74) is 1.74. The molecule has 0 bridgehead atoms. The van der Waals surface area contributed by atoms with Crippen molar-refractivity contribution in [1.82, 2.24) is 9.88 Å². The highest BCUT2D eigenvalue weighted by Crippen LogP contribution is 2.25. The molecule has 2 heterocycles. The first kappa shape index (κ1) is 11.7. The summed E-state index contributed by atoms with van der Waals surface area (Å²) in [5.74, 6) is 0. The molecule has 1 fully saturated rings. The number of ether oxygens (including phenoxy) is 1. The van der Waals surface area contributed by atoms with Gasteiger partial charge in [0.1, 0.15) is 0 Å². The summed E-state index contributed by atoms with van der Waals surface area (Å²) in [7, 11) is 0. The van der Waals surface area contributed by atoms with Gasteiger partial charge in [0.2, 0.25) is 0 Å². The Hall–Kier alpha value is -0.800. The summed E-state index contributed by atoms with van der Waals surface area (Å²) >= 11 is 0. The third kappa shape index (κ3) is 2.66. The normalized spacial score (nSPS) is 18.4. The van der Waals surface area contributed by atoms with Crippen LogP contribution in [0.4, 0.5) is 0 Å². The van der Waals surface area contributed by atoms with Gasteiger partial charge in [0.15, 0.2) is 0 Å². The van der Waals surface area contributed by atoms with Crippen molar-refractivity contribution in [3.05, 3.63) is 24.0 Å². The molecule has 0 aromatic carbocycles. The van der Waals surface area contributed by atoms with Gasteiger partial charge in [-0.05, 0) is 18.6 Å². The van der Waals surface area contributed by atoms with Crippen molar-refractivity contribution >= 4 is 0 Å². The fraction of sp³-hybridized carbons (Fsp3) is 0.692. The summed E-state index contributed by atoms with van der Waals surface area (Å²) < 4.78 is 7.57. The molecule has 3 nitrogen and oxygen atoms in total. The van der Waals surface area contributed by atoms with E-state index in [1.165, 1.54) is 12.1 Å². The molecule has 0 saturated carbocycles. The zero-order valence-electron chi connectivity index (χ0n) is 10.3. The minimum absolute atomic E-state index is 0.363. The topological polar surface area (TPSA) is 26.2 Å². The average Bonchev–Trinajstić information content (AvgIpc) is 2.64. The summed E-state index contributed by atoms with van der Waals surface area (Å²) in [4.78, 5) is 0. The second-order valence-corrected chi connectivity index (χ2v) is 5.10. The first-order valence-electron chi connectivity index (χ1n) is 6.16. The molecule has 1 N–H and O–H groups in total. The number of hydrogen-bond donors (Lipinski definition) is 1. The Labute approximate surface area is 97.8 Å². The molecule has 1 aromatic heterocycles. The molecule has 1 saturated heterocycles. The lowest BCUT2D eigenvalue weighted by molar-refractivity contribution is -0.0992. The Kier molecular flexibility index (Phi) is 3.66. The van der Waals surface area contributed by atoms with E-state index in [0.717, 1.165) is 32.8 Å². The number of nitrogens with one attached hydrogen (secondary N) is 1. The fourth-order valence-corrected chi connectivity index (χ4v) is 2.11. The van der Waals surface area contributed by atoms with Crippen LogP contribution in [0.25, 0.3) is 0 Å². The third-order valence-corrected chi connectivity index (χ3v) is 3.15. The van der Waals surface area contributed by atoms with Crippen LogP contribution in [-0.4, -0.2) is 24.3 Å². The highest BCUT2D eigenvalue weighted by atomic mass is 16.5. The predicted octanol–water partition coefficient (Wildman–Crippen LogP) is 2.02. The van der Waals surface area contributed by atoms with E-state index in [1.807, 2.05) is 0 Å². The van der Waals surface area contributed by atoms with E-state index in [4.69, 9.17) is 4.74 Å². The zero-order valence-corrected chi connectivity index (χ0v) is 10.3. The van der Waals surface area contributed by atoms with Crippen molar-refractivity contribution in [2.24, 2.45) is 5.41 Å². The molecule has 0 atom stereocenters. The molecule has 1 aliphatic rings. The molecule has 1 aromatic rings. The summed E-state index contributed by atoms with van der Waals surface area (Å²) in [6.07, 6.45) is 3.35. The van der Waals surface area contributed by atoms with Gasteiger partial charge in [-0.2, -0.15) is 0 Å². The largest absolute Gasteiger partial charge is 0.380 e. The van der Waals surface area contributed by atoms with Crippen LogP contribution in [0.2, 0.25) is 0 Å². The van der Waals surface area contributed by atoms with Gasteiger partial charge in [0, 0.05) is 36.9 Å². The first-order valence-corrected chi connectivity index (χ1v) is 6.16. The predicted molar refractivity (Wildman–Crippen MR) is 65.4 cm³/mol. The van der Waals surface area contributed by atoms with Crippen LogP contribution in [0.15, 0.2) is 18.3 Å². The minimum atomic E-state index is 0.363. The molecule has 1 aliphatic heterocycles. The van der Waals surface area contributed by atoms with E-state index in [9.17, 15) is 0 Å². The third-order valence-electron chi connectivity index (χ3n) is 3.15. The number of aryl methyl sites for hydroxylation is 1. The van der Waals surface area contributed by atoms with E-state index < -0.39 is 0 Å². The van der Waals surface area contributed by atoms with Gasteiger partial charge in [-0.1, -0.05) is 13.8 Å². The van der Waals surface area contributed by atoms with Crippen LogP contribution >= 0.6 is 0 Å². The fourth-order valence-electron chi connectivity index (χ4n) is 2.11. The van der Waals surface area contributed by atoms with Crippen molar-refractivity contribution in [2.75, 3.05) is 19.8 Å². The molecule has 3 heteroatoms. The summed E-state index contributed by atoms with van der Waals surface area (Å²) in [6.45, 7) is 9.40. The van der Waals surface area contributed by atoms with Gasteiger partial charge in [-0.3, -0.25) is 0 Å². The maximum absolute atomic E-state index is 5.24. The Morgan fingerprint density at radius 1 is 1.50 bits per heavy atom. The van der Waals surface area contributed by atoms with Crippen LogP contribution in [0.3, 0.4) is 0 Å². The van der Waals surface area contributed by atoms with Crippen LogP contribution in [0.5, 0.6) is 0 Å². The van der Waals surface area contributed by atoms with Gasteiger partial charge in [-0.25, -0.2) is 0 Å². The summed E-state index contributed by atoms with van der Waals surface area (Å²) in [5, 5.41) is 3.53. The smallest absolute Gasteiger partial charge is 0.0554 e. The van der Waals surface area contributed by atoms with Crippen LogP contribution in [-0.2, 0) is 17.8 Å². The number of rotatable bonds is 6.